The third-order valence-corrected chi connectivity index (χ3v) is 2.98. The van der Waals surface area contributed by atoms with Crippen LogP contribution in [0.4, 0.5) is 0 Å². The second-order valence-electron chi connectivity index (χ2n) is 3.82. The van der Waals surface area contributed by atoms with Crippen molar-refractivity contribution in [1.29, 1.82) is 0 Å². The van der Waals surface area contributed by atoms with Gasteiger partial charge in [0.15, 0.2) is 0 Å². The predicted octanol–water partition coefficient (Wildman–Crippen LogP) is 0.518. The number of halogens is 1. The lowest BCUT2D eigenvalue weighted by Gasteiger charge is -2.15. The van der Waals surface area contributed by atoms with E-state index in [0.717, 1.165) is 0 Å². The number of carbonyl (C=O) groups excluding carboxylic acids is 1. The van der Waals surface area contributed by atoms with Crippen LogP contribution in [0, 0.1) is 0 Å². The molecule has 1 aromatic carbocycles. The molecule has 1 aromatic rings. The topological polar surface area (TPSA) is 60.8 Å². The summed E-state index contributed by atoms with van der Waals surface area (Å²) >= 11 is 5.90. The third kappa shape index (κ3) is 2.04. The summed E-state index contributed by atoms with van der Waals surface area (Å²) in [6, 6.07) is 6.73. The second kappa shape index (κ2) is 4.41. The molecule has 86 valence electrons. The SMILES string of the molecule is O=C(c1ccccc1Cl)N1CC(O)C(O)C1. The first kappa shape index (κ1) is 11.4. The monoisotopic (exact) mass is 241 g/mol. The highest BCUT2D eigenvalue weighted by Gasteiger charge is 2.33. The van der Waals surface area contributed by atoms with Crippen LogP contribution in [0.1, 0.15) is 10.4 Å². The van der Waals surface area contributed by atoms with Gasteiger partial charge in [0, 0.05) is 13.1 Å². The summed E-state index contributed by atoms with van der Waals surface area (Å²) in [5.74, 6) is -0.263. The van der Waals surface area contributed by atoms with Crippen LogP contribution < -0.4 is 0 Å². The van der Waals surface area contributed by atoms with Gasteiger partial charge < -0.3 is 15.1 Å². The van der Waals surface area contributed by atoms with Crippen molar-refractivity contribution in [2.75, 3.05) is 13.1 Å². The molecule has 0 aromatic heterocycles. The molecule has 2 N–H and O–H groups in total. The van der Waals surface area contributed by atoms with Crippen molar-refractivity contribution >= 4 is 17.5 Å². The fraction of sp³-hybridized carbons (Fsp3) is 0.364. The summed E-state index contributed by atoms with van der Waals surface area (Å²) < 4.78 is 0. The molecule has 2 unspecified atom stereocenters. The third-order valence-electron chi connectivity index (χ3n) is 2.65. The van der Waals surface area contributed by atoms with E-state index in [-0.39, 0.29) is 19.0 Å². The van der Waals surface area contributed by atoms with Crippen molar-refractivity contribution in [3.63, 3.8) is 0 Å². The largest absolute Gasteiger partial charge is 0.388 e. The Bertz CT molecular complexity index is 400. The zero-order chi connectivity index (χ0) is 11.7. The number of rotatable bonds is 1. The number of hydrogen-bond donors (Lipinski definition) is 2. The maximum atomic E-state index is 12.0. The molecular formula is C11H12ClNO3. The molecule has 2 atom stereocenters. The van der Waals surface area contributed by atoms with E-state index in [0.29, 0.717) is 10.6 Å². The summed E-state index contributed by atoms with van der Waals surface area (Å²) in [6.07, 6.45) is -1.74. The van der Waals surface area contributed by atoms with Gasteiger partial charge in [-0.1, -0.05) is 23.7 Å². The van der Waals surface area contributed by atoms with Crippen molar-refractivity contribution < 1.29 is 15.0 Å². The second-order valence-corrected chi connectivity index (χ2v) is 4.23. The molecule has 1 heterocycles. The molecule has 5 heteroatoms. The number of likely N-dealkylation sites (tertiary alicyclic amines) is 1. The van der Waals surface area contributed by atoms with Gasteiger partial charge in [-0.3, -0.25) is 4.79 Å². The first-order valence-corrected chi connectivity index (χ1v) is 5.37. The molecule has 0 spiro atoms. The van der Waals surface area contributed by atoms with Crippen molar-refractivity contribution in [1.82, 2.24) is 4.90 Å². The number of hydrogen-bond acceptors (Lipinski definition) is 3. The zero-order valence-electron chi connectivity index (χ0n) is 8.51. The standard InChI is InChI=1S/C11H12ClNO3/c12-8-4-2-1-3-7(8)11(16)13-5-9(14)10(15)6-13/h1-4,9-10,14-15H,5-6H2. The van der Waals surface area contributed by atoms with Gasteiger partial charge in [-0.25, -0.2) is 0 Å². The van der Waals surface area contributed by atoms with Crippen LogP contribution in [0.5, 0.6) is 0 Å². The molecular weight excluding hydrogens is 230 g/mol. The van der Waals surface area contributed by atoms with Crippen molar-refractivity contribution in [2.24, 2.45) is 0 Å². The van der Waals surface area contributed by atoms with Gasteiger partial charge in [0.25, 0.3) is 5.91 Å². The van der Waals surface area contributed by atoms with E-state index in [2.05, 4.69) is 0 Å². The fourth-order valence-corrected chi connectivity index (χ4v) is 1.96. The molecule has 1 aliphatic heterocycles. The average Bonchev–Trinajstić information content (AvgIpc) is 2.59. The maximum Gasteiger partial charge on any atom is 0.255 e. The van der Waals surface area contributed by atoms with Crippen LogP contribution in [-0.4, -0.2) is 46.3 Å². The van der Waals surface area contributed by atoms with Crippen LogP contribution in [0.15, 0.2) is 24.3 Å². The minimum Gasteiger partial charge on any atom is -0.388 e. The molecule has 2 rings (SSSR count). The summed E-state index contributed by atoms with van der Waals surface area (Å²) in [6.45, 7) is 0.288. The molecule has 1 saturated heterocycles. The lowest BCUT2D eigenvalue weighted by atomic mass is 10.2. The van der Waals surface area contributed by atoms with E-state index in [1.54, 1.807) is 24.3 Å². The molecule has 1 aliphatic rings. The van der Waals surface area contributed by atoms with E-state index in [1.807, 2.05) is 0 Å². The van der Waals surface area contributed by atoms with Crippen LogP contribution in [0.2, 0.25) is 5.02 Å². The van der Waals surface area contributed by atoms with Gasteiger partial charge in [-0.2, -0.15) is 0 Å². The van der Waals surface area contributed by atoms with Crippen LogP contribution >= 0.6 is 11.6 Å². The first-order valence-electron chi connectivity index (χ1n) is 4.99. The summed E-state index contributed by atoms with van der Waals surface area (Å²) in [5, 5.41) is 19.1. The van der Waals surface area contributed by atoms with E-state index in [1.165, 1.54) is 4.90 Å². The van der Waals surface area contributed by atoms with E-state index in [4.69, 9.17) is 11.6 Å². The van der Waals surface area contributed by atoms with Gasteiger partial charge in [0.05, 0.1) is 22.8 Å². The molecule has 16 heavy (non-hydrogen) atoms. The van der Waals surface area contributed by atoms with Gasteiger partial charge in [-0.15, -0.1) is 0 Å². The Morgan fingerprint density at radius 1 is 1.25 bits per heavy atom. The molecule has 0 radical (unpaired) electrons. The summed E-state index contributed by atoms with van der Waals surface area (Å²) in [5.41, 5.74) is 0.394. The highest BCUT2D eigenvalue weighted by Crippen LogP contribution is 2.20. The number of aliphatic hydroxyl groups is 2. The number of benzene rings is 1. The molecule has 0 bridgehead atoms. The number of β-amino-alcohol motifs (C(OH)–C–C–N with tert-alkyl or cyclic N) is 2. The van der Waals surface area contributed by atoms with Crippen molar-refractivity contribution in [2.45, 2.75) is 12.2 Å². The van der Waals surface area contributed by atoms with Crippen LogP contribution in [0.25, 0.3) is 0 Å². The lowest BCUT2D eigenvalue weighted by molar-refractivity contribution is 0.0572. The Labute approximate surface area is 98.1 Å². The van der Waals surface area contributed by atoms with Crippen LogP contribution in [0.3, 0.4) is 0 Å². The zero-order valence-corrected chi connectivity index (χ0v) is 9.26. The minimum atomic E-state index is -0.869. The normalized spacial score (nSPS) is 24.8. The first-order chi connectivity index (χ1) is 7.59. The Morgan fingerprint density at radius 2 is 1.81 bits per heavy atom. The molecule has 1 amide bonds. The maximum absolute atomic E-state index is 12.0. The summed E-state index contributed by atoms with van der Waals surface area (Å²) in [7, 11) is 0. The fourth-order valence-electron chi connectivity index (χ4n) is 1.74. The minimum absolute atomic E-state index is 0.144. The molecule has 4 nitrogen and oxygen atoms in total. The van der Waals surface area contributed by atoms with Gasteiger partial charge in [0.1, 0.15) is 0 Å². The Balaban J connectivity index is 2.18. The predicted molar refractivity (Wildman–Crippen MR) is 59.4 cm³/mol. The molecule has 0 aliphatic carbocycles. The number of amides is 1. The van der Waals surface area contributed by atoms with Gasteiger partial charge >= 0.3 is 0 Å². The van der Waals surface area contributed by atoms with Gasteiger partial charge in [-0.05, 0) is 12.1 Å². The number of aliphatic hydroxyl groups excluding tert-OH is 2. The van der Waals surface area contributed by atoms with Gasteiger partial charge in [0.2, 0.25) is 0 Å². The quantitative estimate of drug-likeness (QED) is 0.754. The Morgan fingerprint density at radius 3 is 2.38 bits per heavy atom. The van der Waals surface area contributed by atoms with Crippen LogP contribution in [-0.2, 0) is 0 Å². The number of nitrogens with zero attached hydrogens (tertiary/aromatic N) is 1. The molecule has 0 saturated carbocycles. The number of carbonyl (C=O) groups is 1. The van der Waals surface area contributed by atoms with E-state index in [9.17, 15) is 15.0 Å². The smallest absolute Gasteiger partial charge is 0.255 e. The molecule has 1 fully saturated rings. The Kier molecular flexibility index (Phi) is 3.14. The summed E-state index contributed by atoms with van der Waals surface area (Å²) in [4.78, 5) is 13.4. The van der Waals surface area contributed by atoms with Crippen molar-refractivity contribution in [3.05, 3.63) is 34.9 Å². The average molecular weight is 242 g/mol. The Hall–Kier alpha value is -1.10. The highest BCUT2D eigenvalue weighted by molar-refractivity contribution is 6.33. The van der Waals surface area contributed by atoms with Crippen molar-refractivity contribution in [3.8, 4) is 0 Å². The van der Waals surface area contributed by atoms with E-state index < -0.39 is 12.2 Å². The lowest BCUT2D eigenvalue weighted by Crippen LogP contribution is -2.29. The van der Waals surface area contributed by atoms with E-state index >= 15 is 0 Å². The highest BCUT2D eigenvalue weighted by atomic mass is 35.5.